The monoisotopic (exact) mass is 377 g/mol. The summed E-state index contributed by atoms with van der Waals surface area (Å²) in [4.78, 5) is 26.6. The van der Waals surface area contributed by atoms with Crippen LogP contribution in [0.4, 0.5) is 5.69 Å². The maximum atomic E-state index is 12.4. The Balaban J connectivity index is 1.78. The fourth-order valence-electron chi connectivity index (χ4n) is 2.79. The maximum absolute atomic E-state index is 12.4. The van der Waals surface area contributed by atoms with Crippen molar-refractivity contribution in [3.05, 3.63) is 36.9 Å². The van der Waals surface area contributed by atoms with E-state index in [0.29, 0.717) is 13.2 Å². The molecule has 1 aromatic rings. The molecule has 1 heterocycles. The van der Waals surface area contributed by atoms with Gasteiger partial charge in [0.05, 0.1) is 6.61 Å². The number of anilines is 1. The van der Waals surface area contributed by atoms with E-state index in [0.717, 1.165) is 36.5 Å². The first kappa shape index (κ1) is 20.5. The molecular formula is C19H27N3O3S. The Bertz CT molecular complexity index is 613. The van der Waals surface area contributed by atoms with Crippen molar-refractivity contribution in [3.63, 3.8) is 0 Å². The zero-order chi connectivity index (χ0) is 18.9. The highest BCUT2D eigenvalue weighted by atomic mass is 32.2. The highest BCUT2D eigenvalue weighted by molar-refractivity contribution is 7.97. The fraction of sp³-hybridized carbons (Fsp3) is 0.474. The van der Waals surface area contributed by atoms with Gasteiger partial charge in [-0.25, -0.2) is 4.31 Å². The van der Waals surface area contributed by atoms with Crippen LogP contribution in [-0.4, -0.2) is 61.4 Å². The Morgan fingerprint density at radius 1 is 1.35 bits per heavy atom. The largest absolute Gasteiger partial charge is 0.383 e. The Morgan fingerprint density at radius 2 is 2.00 bits per heavy atom. The Kier molecular flexibility index (Phi) is 8.15. The van der Waals surface area contributed by atoms with Crippen LogP contribution in [-0.2, 0) is 14.3 Å². The first-order valence-corrected chi connectivity index (χ1v) is 9.51. The summed E-state index contributed by atoms with van der Waals surface area (Å²) in [5.74, 6) is 0.104. The predicted molar refractivity (Wildman–Crippen MR) is 105 cm³/mol. The molecule has 1 aromatic carbocycles. The van der Waals surface area contributed by atoms with Gasteiger partial charge in [0.15, 0.2) is 0 Å². The van der Waals surface area contributed by atoms with Gasteiger partial charge in [-0.05, 0) is 55.1 Å². The number of carbonyl (C=O) groups is 2. The van der Waals surface area contributed by atoms with Crippen LogP contribution < -0.4 is 5.32 Å². The summed E-state index contributed by atoms with van der Waals surface area (Å²) in [5, 5.41) is 2.73. The second-order valence-corrected chi connectivity index (χ2v) is 7.44. The predicted octanol–water partition coefficient (Wildman–Crippen LogP) is 2.64. The van der Waals surface area contributed by atoms with E-state index in [1.54, 1.807) is 24.0 Å². The first-order valence-electron chi connectivity index (χ1n) is 8.73. The molecule has 1 saturated heterocycles. The normalized spacial score (nSPS) is 15.5. The summed E-state index contributed by atoms with van der Waals surface area (Å²) in [5.41, 5.74) is 0.752. The van der Waals surface area contributed by atoms with Gasteiger partial charge in [0, 0.05) is 50.3 Å². The number of likely N-dealkylation sites (N-methyl/N-ethyl adjacent to an activating group) is 1. The highest BCUT2D eigenvalue weighted by Gasteiger charge is 2.27. The second-order valence-electron chi connectivity index (χ2n) is 6.26. The average Bonchev–Trinajstić information content (AvgIpc) is 2.67. The molecule has 0 spiro atoms. The summed E-state index contributed by atoms with van der Waals surface area (Å²) in [6.45, 7) is 6.41. The number of carbonyl (C=O) groups excluding carboxylic acids is 2. The summed E-state index contributed by atoms with van der Waals surface area (Å²) < 4.78 is 7.32. The van der Waals surface area contributed by atoms with E-state index in [4.69, 9.17) is 4.74 Å². The van der Waals surface area contributed by atoms with E-state index in [1.165, 1.54) is 6.08 Å². The number of nitrogens with one attached hydrogen (secondary N) is 1. The minimum absolute atomic E-state index is 0.102. The SMILES string of the molecule is C=CC(=O)Nc1ccc(SN2CCC(C(=O)N(C)CCOC)CC2)cc1. The van der Waals surface area contributed by atoms with Gasteiger partial charge in [0.1, 0.15) is 0 Å². The van der Waals surface area contributed by atoms with E-state index in [1.807, 2.05) is 31.3 Å². The second kappa shape index (κ2) is 10.4. The van der Waals surface area contributed by atoms with Gasteiger partial charge in [-0.2, -0.15) is 0 Å². The average molecular weight is 378 g/mol. The third kappa shape index (κ3) is 6.16. The molecule has 0 bridgehead atoms. The van der Waals surface area contributed by atoms with Gasteiger partial charge in [0.2, 0.25) is 11.8 Å². The van der Waals surface area contributed by atoms with Crippen LogP contribution in [0.1, 0.15) is 12.8 Å². The molecule has 0 radical (unpaired) electrons. The number of rotatable bonds is 8. The quantitative estimate of drug-likeness (QED) is 0.557. The number of piperidine rings is 1. The van der Waals surface area contributed by atoms with Crippen LogP contribution in [0, 0.1) is 5.92 Å². The third-order valence-corrected chi connectivity index (χ3v) is 5.46. The Morgan fingerprint density at radius 3 is 2.58 bits per heavy atom. The standard InChI is InChI=1S/C19H27N3O3S/c1-4-18(23)20-16-5-7-17(8-6-16)26-22-11-9-15(10-12-22)19(24)21(2)13-14-25-3/h4-8,15H,1,9-14H2,2-3H3,(H,20,23). The van der Waals surface area contributed by atoms with Crippen molar-refractivity contribution in [1.82, 2.24) is 9.21 Å². The molecule has 6 nitrogen and oxygen atoms in total. The molecule has 0 unspecified atom stereocenters. The van der Waals surface area contributed by atoms with Crippen molar-refractivity contribution in [2.75, 3.05) is 45.7 Å². The summed E-state index contributed by atoms with van der Waals surface area (Å²) >= 11 is 1.69. The lowest BCUT2D eigenvalue weighted by molar-refractivity contribution is -0.135. The molecule has 1 fully saturated rings. The van der Waals surface area contributed by atoms with Gasteiger partial charge >= 0.3 is 0 Å². The van der Waals surface area contributed by atoms with Crippen LogP contribution >= 0.6 is 11.9 Å². The van der Waals surface area contributed by atoms with Crippen LogP contribution in [0.3, 0.4) is 0 Å². The Labute approximate surface area is 159 Å². The van der Waals surface area contributed by atoms with Crippen molar-refractivity contribution in [1.29, 1.82) is 0 Å². The van der Waals surface area contributed by atoms with E-state index in [2.05, 4.69) is 16.2 Å². The smallest absolute Gasteiger partial charge is 0.247 e. The number of nitrogens with zero attached hydrogens (tertiary/aromatic N) is 2. The van der Waals surface area contributed by atoms with E-state index in [9.17, 15) is 9.59 Å². The summed E-state index contributed by atoms with van der Waals surface area (Å²) in [7, 11) is 3.49. The topological polar surface area (TPSA) is 61.9 Å². The molecule has 0 aromatic heterocycles. The molecule has 2 amide bonds. The van der Waals surface area contributed by atoms with Crippen molar-refractivity contribution in [2.24, 2.45) is 5.92 Å². The summed E-state index contributed by atoms with van der Waals surface area (Å²) in [6.07, 6.45) is 2.99. The van der Waals surface area contributed by atoms with E-state index >= 15 is 0 Å². The number of benzene rings is 1. The molecular weight excluding hydrogens is 350 g/mol. The molecule has 2 rings (SSSR count). The van der Waals surface area contributed by atoms with Crippen LogP contribution in [0.15, 0.2) is 41.8 Å². The number of methoxy groups -OCH3 is 1. The highest BCUT2D eigenvalue weighted by Crippen LogP contribution is 2.29. The third-order valence-electron chi connectivity index (χ3n) is 4.35. The number of hydrogen-bond acceptors (Lipinski definition) is 5. The molecule has 1 aliphatic rings. The van der Waals surface area contributed by atoms with Gasteiger partial charge in [-0.15, -0.1) is 0 Å². The lowest BCUT2D eigenvalue weighted by atomic mass is 9.97. The lowest BCUT2D eigenvalue weighted by Crippen LogP contribution is -2.40. The number of hydrogen-bond donors (Lipinski definition) is 1. The van der Waals surface area contributed by atoms with Crippen molar-refractivity contribution >= 4 is 29.4 Å². The lowest BCUT2D eigenvalue weighted by Gasteiger charge is -2.32. The van der Waals surface area contributed by atoms with Gasteiger partial charge in [-0.1, -0.05) is 6.58 Å². The molecule has 0 aliphatic carbocycles. The Hall–Kier alpha value is -1.83. The fourth-order valence-corrected chi connectivity index (χ4v) is 3.73. The van der Waals surface area contributed by atoms with Crippen LogP contribution in [0.25, 0.3) is 0 Å². The van der Waals surface area contributed by atoms with Gasteiger partial charge < -0.3 is 15.0 Å². The number of amides is 2. The molecule has 7 heteroatoms. The first-order chi connectivity index (χ1) is 12.5. The molecule has 0 saturated carbocycles. The zero-order valence-corrected chi connectivity index (χ0v) is 16.3. The molecule has 142 valence electrons. The van der Waals surface area contributed by atoms with Crippen LogP contribution in [0.2, 0.25) is 0 Å². The van der Waals surface area contributed by atoms with Crippen molar-refractivity contribution in [3.8, 4) is 0 Å². The minimum Gasteiger partial charge on any atom is -0.383 e. The maximum Gasteiger partial charge on any atom is 0.247 e. The molecule has 1 aliphatic heterocycles. The van der Waals surface area contributed by atoms with Gasteiger partial charge in [0.25, 0.3) is 0 Å². The molecule has 0 atom stereocenters. The van der Waals surface area contributed by atoms with E-state index < -0.39 is 0 Å². The summed E-state index contributed by atoms with van der Waals surface area (Å²) in [6, 6.07) is 7.73. The molecule has 26 heavy (non-hydrogen) atoms. The van der Waals surface area contributed by atoms with Gasteiger partial charge in [-0.3, -0.25) is 9.59 Å². The van der Waals surface area contributed by atoms with E-state index in [-0.39, 0.29) is 17.7 Å². The molecule has 1 N–H and O–H groups in total. The minimum atomic E-state index is -0.215. The van der Waals surface area contributed by atoms with Crippen molar-refractivity contribution in [2.45, 2.75) is 17.7 Å². The van der Waals surface area contributed by atoms with Crippen molar-refractivity contribution < 1.29 is 14.3 Å². The zero-order valence-electron chi connectivity index (χ0n) is 15.4. The van der Waals surface area contributed by atoms with Crippen LogP contribution in [0.5, 0.6) is 0 Å². The number of ether oxygens (including phenoxy) is 1.